The Morgan fingerprint density at radius 1 is 0.410 bits per heavy atom. The first-order valence-electron chi connectivity index (χ1n) is 12.7. The Kier molecular flexibility index (Phi) is 4.55. The Hall–Kier alpha value is -4.16. The van der Waals surface area contributed by atoms with Gasteiger partial charge in [-0.3, -0.25) is 0 Å². The van der Waals surface area contributed by atoms with Gasteiger partial charge in [-0.25, -0.2) is 0 Å². The lowest BCUT2D eigenvalue weighted by Gasteiger charge is -2.02. The van der Waals surface area contributed by atoms with Gasteiger partial charge in [0.2, 0.25) is 0 Å². The smallest absolute Gasteiger partial charge is 0.136 e. The van der Waals surface area contributed by atoms with Crippen molar-refractivity contribution in [2.75, 3.05) is 0 Å². The summed E-state index contributed by atoms with van der Waals surface area (Å²) < 4.78 is 12.6. The molecule has 0 amide bonds. The van der Waals surface area contributed by atoms with Crippen LogP contribution < -0.4 is 0 Å². The molecule has 0 fully saturated rings. The summed E-state index contributed by atoms with van der Waals surface area (Å²) in [6.07, 6.45) is 0. The molecule has 2 nitrogen and oxygen atoms in total. The maximum atomic E-state index is 6.42. The second kappa shape index (κ2) is 8.17. The maximum absolute atomic E-state index is 6.42. The van der Waals surface area contributed by atoms with E-state index in [-0.39, 0.29) is 0 Å². The molecule has 5 heteroatoms. The van der Waals surface area contributed by atoms with Gasteiger partial charge in [0.1, 0.15) is 22.3 Å². The van der Waals surface area contributed by atoms with E-state index in [4.69, 9.17) is 8.83 Å². The normalized spacial score (nSPS) is 12.1. The number of rotatable bonds is 3. The third-order valence-electron chi connectivity index (χ3n) is 7.47. The van der Waals surface area contributed by atoms with E-state index in [0.29, 0.717) is 0 Å². The highest BCUT2D eigenvalue weighted by Crippen LogP contribution is 2.44. The molecule has 5 heterocycles. The van der Waals surface area contributed by atoms with Gasteiger partial charge >= 0.3 is 0 Å². The van der Waals surface area contributed by atoms with Crippen LogP contribution in [0.1, 0.15) is 0 Å². The van der Waals surface area contributed by atoms with E-state index in [0.717, 1.165) is 43.9 Å². The molecule has 0 saturated carbocycles. The zero-order valence-electron chi connectivity index (χ0n) is 20.4. The Morgan fingerprint density at radius 2 is 1.03 bits per heavy atom. The average Bonchev–Trinajstić information content (AvgIpc) is 3.80. The molecule has 0 bridgehead atoms. The molecular formula is C34H18O2S3. The van der Waals surface area contributed by atoms with E-state index < -0.39 is 0 Å². The van der Waals surface area contributed by atoms with E-state index in [2.05, 4.69) is 96.4 Å². The molecule has 0 radical (unpaired) electrons. The van der Waals surface area contributed by atoms with Crippen LogP contribution in [0.15, 0.2) is 117 Å². The molecule has 0 aliphatic carbocycles. The van der Waals surface area contributed by atoms with E-state index in [1.54, 1.807) is 11.3 Å². The van der Waals surface area contributed by atoms with Gasteiger partial charge < -0.3 is 8.83 Å². The summed E-state index contributed by atoms with van der Waals surface area (Å²) in [5.74, 6) is 0. The Morgan fingerprint density at radius 3 is 1.77 bits per heavy atom. The van der Waals surface area contributed by atoms with Crippen molar-refractivity contribution in [1.29, 1.82) is 0 Å². The van der Waals surface area contributed by atoms with Crippen molar-refractivity contribution in [3.05, 3.63) is 109 Å². The maximum Gasteiger partial charge on any atom is 0.136 e. The van der Waals surface area contributed by atoms with Crippen LogP contribution in [0.3, 0.4) is 0 Å². The summed E-state index contributed by atoms with van der Waals surface area (Å²) in [6.45, 7) is 0. The second-order valence-electron chi connectivity index (χ2n) is 9.69. The first-order valence-corrected chi connectivity index (χ1v) is 15.2. The van der Waals surface area contributed by atoms with E-state index in [9.17, 15) is 0 Å². The van der Waals surface area contributed by atoms with Crippen LogP contribution in [0.2, 0.25) is 0 Å². The lowest BCUT2D eigenvalue weighted by Crippen LogP contribution is -1.77. The van der Waals surface area contributed by atoms with Gasteiger partial charge in [-0.1, -0.05) is 30.3 Å². The molecule has 0 unspecified atom stereocenters. The van der Waals surface area contributed by atoms with E-state index in [1.807, 2.05) is 34.8 Å². The molecule has 0 N–H and O–H groups in total. The van der Waals surface area contributed by atoms with Crippen LogP contribution in [0.5, 0.6) is 0 Å². The number of hydrogen-bond donors (Lipinski definition) is 0. The van der Waals surface area contributed by atoms with Gasteiger partial charge in [-0.2, -0.15) is 0 Å². The van der Waals surface area contributed by atoms with Crippen molar-refractivity contribution in [3.63, 3.8) is 0 Å². The van der Waals surface area contributed by atoms with Gasteiger partial charge in [0.15, 0.2) is 0 Å². The van der Waals surface area contributed by atoms with Crippen LogP contribution in [0.4, 0.5) is 0 Å². The molecule has 9 aromatic rings. The van der Waals surface area contributed by atoms with Crippen LogP contribution in [0.25, 0.3) is 84.6 Å². The predicted molar refractivity (Wildman–Crippen MR) is 168 cm³/mol. The van der Waals surface area contributed by atoms with Gasteiger partial charge in [0.25, 0.3) is 0 Å². The van der Waals surface area contributed by atoms with Crippen molar-refractivity contribution in [1.82, 2.24) is 0 Å². The SMILES string of the molecule is c1csc(-c2ccc(-c3ccc(-c4ccc5c(c4)oc4ccc6c(ccc7oc8ccccc8c76)c45)s3)s2)c1. The molecule has 5 aromatic heterocycles. The minimum atomic E-state index is 0.911. The topological polar surface area (TPSA) is 26.3 Å². The van der Waals surface area contributed by atoms with Crippen LogP contribution in [-0.2, 0) is 0 Å². The van der Waals surface area contributed by atoms with Crippen molar-refractivity contribution < 1.29 is 8.83 Å². The lowest BCUT2D eigenvalue weighted by atomic mass is 9.99. The summed E-state index contributed by atoms with van der Waals surface area (Å²) in [5.41, 5.74) is 4.84. The largest absolute Gasteiger partial charge is 0.456 e. The predicted octanol–water partition coefficient (Wildman–Crippen LogP) is 11.8. The molecule has 39 heavy (non-hydrogen) atoms. The average molecular weight is 555 g/mol. The van der Waals surface area contributed by atoms with Crippen LogP contribution >= 0.6 is 34.0 Å². The fourth-order valence-corrected chi connectivity index (χ4v) is 8.64. The number of furan rings is 2. The van der Waals surface area contributed by atoms with Crippen molar-refractivity contribution in [2.45, 2.75) is 0 Å². The van der Waals surface area contributed by atoms with Gasteiger partial charge in [0, 0.05) is 45.9 Å². The molecular weight excluding hydrogens is 537 g/mol. The minimum absolute atomic E-state index is 0.911. The molecule has 0 spiro atoms. The quantitative estimate of drug-likeness (QED) is 0.217. The first kappa shape index (κ1) is 21.7. The molecule has 184 valence electrons. The summed E-state index contributed by atoms with van der Waals surface area (Å²) in [6, 6.07) is 36.7. The number of para-hydroxylation sites is 1. The fraction of sp³-hybridized carbons (Fsp3) is 0. The Labute approximate surface area is 235 Å². The third kappa shape index (κ3) is 3.24. The highest BCUT2D eigenvalue weighted by Gasteiger charge is 2.17. The van der Waals surface area contributed by atoms with Gasteiger partial charge in [-0.15, -0.1) is 34.0 Å². The Balaban J connectivity index is 1.16. The van der Waals surface area contributed by atoms with Crippen LogP contribution in [-0.4, -0.2) is 0 Å². The van der Waals surface area contributed by atoms with Crippen molar-refractivity contribution >= 4 is 88.7 Å². The molecule has 9 rings (SSSR count). The van der Waals surface area contributed by atoms with Gasteiger partial charge in [-0.05, 0) is 94.5 Å². The summed E-state index contributed by atoms with van der Waals surface area (Å²) in [7, 11) is 0. The Bertz CT molecular complexity index is 2340. The number of fused-ring (bicyclic) bond motifs is 9. The summed E-state index contributed by atoms with van der Waals surface area (Å²) in [5, 5.41) is 9.13. The van der Waals surface area contributed by atoms with Gasteiger partial charge in [0.05, 0.1) is 0 Å². The number of hydrogen-bond acceptors (Lipinski definition) is 5. The monoisotopic (exact) mass is 554 g/mol. The zero-order valence-corrected chi connectivity index (χ0v) is 22.9. The van der Waals surface area contributed by atoms with E-state index in [1.165, 1.54) is 40.7 Å². The highest BCUT2D eigenvalue weighted by atomic mass is 32.1. The molecule has 0 saturated heterocycles. The summed E-state index contributed by atoms with van der Waals surface area (Å²) >= 11 is 5.48. The molecule has 0 aliphatic heterocycles. The third-order valence-corrected chi connectivity index (χ3v) is 11.0. The summed E-state index contributed by atoms with van der Waals surface area (Å²) in [4.78, 5) is 6.50. The number of thiophene rings is 3. The van der Waals surface area contributed by atoms with Crippen LogP contribution in [0, 0.1) is 0 Å². The van der Waals surface area contributed by atoms with E-state index >= 15 is 0 Å². The fourth-order valence-electron chi connectivity index (χ4n) is 5.70. The minimum Gasteiger partial charge on any atom is -0.456 e. The zero-order chi connectivity index (χ0) is 25.5. The molecule has 0 aliphatic rings. The molecule has 4 aromatic carbocycles. The first-order chi connectivity index (χ1) is 19.3. The highest BCUT2D eigenvalue weighted by molar-refractivity contribution is 7.27. The lowest BCUT2D eigenvalue weighted by molar-refractivity contribution is 0.668. The standard InChI is InChI=1S/C34H18O2S3/c1-2-5-24-22(4-1)33-20-10-12-26-34(21(20)9-11-25(33)35-24)23-8-7-19(18-27(23)36-26)28-13-14-31(38-28)32-16-15-30(39-32)29-6-3-17-37-29/h1-18H. The number of benzene rings is 4. The van der Waals surface area contributed by atoms with Crippen molar-refractivity contribution in [3.8, 4) is 29.9 Å². The van der Waals surface area contributed by atoms with Crippen molar-refractivity contribution in [2.24, 2.45) is 0 Å². The second-order valence-corrected chi connectivity index (χ2v) is 12.8. The molecule has 0 atom stereocenters.